The summed E-state index contributed by atoms with van der Waals surface area (Å²) in [7, 11) is 0. The fourth-order valence-corrected chi connectivity index (χ4v) is 2.19. The van der Waals surface area contributed by atoms with E-state index in [1.54, 1.807) is 0 Å². The molecule has 1 rings (SSSR count). The summed E-state index contributed by atoms with van der Waals surface area (Å²) in [6, 6.07) is 7.39. The van der Waals surface area contributed by atoms with Gasteiger partial charge >= 0.3 is 0 Å². The van der Waals surface area contributed by atoms with E-state index in [2.05, 4.69) is 28.2 Å². The Morgan fingerprint density at radius 1 is 1.31 bits per heavy atom. The first-order chi connectivity index (χ1) is 7.74. The molecule has 0 saturated heterocycles. The number of benzene rings is 1. The van der Waals surface area contributed by atoms with Crippen LogP contribution >= 0.6 is 27.7 Å². The van der Waals surface area contributed by atoms with Crippen LogP contribution in [0.25, 0.3) is 0 Å². The quantitative estimate of drug-likeness (QED) is 0.817. The van der Waals surface area contributed by atoms with Crippen molar-refractivity contribution in [3.8, 4) is 0 Å². The molecule has 16 heavy (non-hydrogen) atoms. The van der Waals surface area contributed by atoms with Gasteiger partial charge in [0, 0.05) is 22.3 Å². The SMILES string of the molecule is CCCSCCNC(=O)c1ccc(Br)cc1. The Kier molecular flexibility index (Phi) is 6.57. The summed E-state index contributed by atoms with van der Waals surface area (Å²) < 4.78 is 0.988. The molecule has 0 aliphatic rings. The number of amides is 1. The molecule has 0 atom stereocenters. The maximum Gasteiger partial charge on any atom is 0.251 e. The van der Waals surface area contributed by atoms with Crippen LogP contribution in [0.15, 0.2) is 28.7 Å². The lowest BCUT2D eigenvalue weighted by atomic mass is 10.2. The van der Waals surface area contributed by atoms with Crippen molar-refractivity contribution in [1.82, 2.24) is 5.32 Å². The molecular weight excluding hydrogens is 286 g/mol. The number of nitrogens with one attached hydrogen (secondary N) is 1. The van der Waals surface area contributed by atoms with Gasteiger partial charge in [0.15, 0.2) is 0 Å². The molecule has 1 amide bonds. The van der Waals surface area contributed by atoms with Crippen molar-refractivity contribution in [2.75, 3.05) is 18.1 Å². The molecule has 0 bridgehead atoms. The van der Waals surface area contributed by atoms with E-state index in [0.29, 0.717) is 5.56 Å². The Morgan fingerprint density at radius 3 is 2.62 bits per heavy atom. The Balaban J connectivity index is 2.27. The molecule has 0 aromatic heterocycles. The van der Waals surface area contributed by atoms with Crippen molar-refractivity contribution in [2.24, 2.45) is 0 Å². The third-order valence-electron chi connectivity index (χ3n) is 1.99. The van der Waals surface area contributed by atoms with Crippen molar-refractivity contribution in [3.63, 3.8) is 0 Å². The van der Waals surface area contributed by atoms with Gasteiger partial charge in [0.05, 0.1) is 0 Å². The van der Waals surface area contributed by atoms with Crippen LogP contribution in [0.5, 0.6) is 0 Å². The monoisotopic (exact) mass is 301 g/mol. The minimum atomic E-state index is 0.00426. The van der Waals surface area contributed by atoms with Crippen LogP contribution in [-0.2, 0) is 0 Å². The number of hydrogen-bond acceptors (Lipinski definition) is 2. The second-order valence-corrected chi connectivity index (χ2v) is 5.52. The first kappa shape index (κ1) is 13.6. The normalized spacial score (nSPS) is 10.1. The number of carbonyl (C=O) groups is 1. The van der Waals surface area contributed by atoms with Crippen molar-refractivity contribution in [1.29, 1.82) is 0 Å². The summed E-state index contributed by atoms with van der Waals surface area (Å²) in [5, 5.41) is 2.90. The van der Waals surface area contributed by atoms with Gasteiger partial charge in [-0.15, -0.1) is 0 Å². The van der Waals surface area contributed by atoms with E-state index in [-0.39, 0.29) is 5.91 Å². The lowest BCUT2D eigenvalue weighted by Gasteiger charge is -2.04. The fraction of sp³-hybridized carbons (Fsp3) is 0.417. The average molecular weight is 302 g/mol. The summed E-state index contributed by atoms with van der Waals surface area (Å²) >= 11 is 5.21. The lowest BCUT2D eigenvalue weighted by Crippen LogP contribution is -2.25. The molecular formula is C12H16BrNOS. The number of carbonyl (C=O) groups excluding carboxylic acids is 1. The van der Waals surface area contributed by atoms with Gasteiger partial charge in [0.1, 0.15) is 0 Å². The second kappa shape index (κ2) is 7.74. The predicted octanol–water partition coefficient (Wildman–Crippen LogP) is 3.32. The first-order valence-electron chi connectivity index (χ1n) is 5.35. The lowest BCUT2D eigenvalue weighted by molar-refractivity contribution is 0.0956. The van der Waals surface area contributed by atoms with Crippen molar-refractivity contribution >= 4 is 33.6 Å². The summed E-state index contributed by atoms with van der Waals surface area (Å²) in [6.07, 6.45) is 1.19. The van der Waals surface area contributed by atoms with Gasteiger partial charge in [-0.2, -0.15) is 11.8 Å². The molecule has 0 aliphatic carbocycles. The fourth-order valence-electron chi connectivity index (χ4n) is 1.19. The van der Waals surface area contributed by atoms with Crippen LogP contribution in [0.3, 0.4) is 0 Å². The van der Waals surface area contributed by atoms with E-state index in [4.69, 9.17) is 0 Å². The highest BCUT2D eigenvalue weighted by atomic mass is 79.9. The van der Waals surface area contributed by atoms with Crippen molar-refractivity contribution in [2.45, 2.75) is 13.3 Å². The summed E-state index contributed by atoms with van der Waals surface area (Å²) in [6.45, 7) is 2.90. The van der Waals surface area contributed by atoms with Crippen molar-refractivity contribution < 1.29 is 4.79 Å². The Labute approximate surface area is 109 Å². The predicted molar refractivity (Wildman–Crippen MR) is 74.1 cm³/mol. The number of thioether (sulfide) groups is 1. The summed E-state index contributed by atoms with van der Waals surface area (Å²) in [4.78, 5) is 11.7. The van der Waals surface area contributed by atoms with Gasteiger partial charge in [-0.3, -0.25) is 4.79 Å². The van der Waals surface area contributed by atoms with Gasteiger partial charge in [-0.1, -0.05) is 22.9 Å². The molecule has 0 heterocycles. The van der Waals surface area contributed by atoms with E-state index in [1.807, 2.05) is 36.0 Å². The third-order valence-corrected chi connectivity index (χ3v) is 3.71. The highest BCUT2D eigenvalue weighted by Gasteiger charge is 2.03. The molecule has 0 spiro atoms. The first-order valence-corrected chi connectivity index (χ1v) is 7.30. The van der Waals surface area contributed by atoms with E-state index < -0.39 is 0 Å². The summed E-state index contributed by atoms with van der Waals surface area (Å²) in [5.74, 6) is 2.15. The maximum atomic E-state index is 11.7. The van der Waals surface area contributed by atoms with Crippen LogP contribution in [0.2, 0.25) is 0 Å². The standard InChI is InChI=1S/C12H16BrNOS/c1-2-8-16-9-7-14-12(15)10-3-5-11(13)6-4-10/h3-6H,2,7-9H2,1H3,(H,14,15). The van der Waals surface area contributed by atoms with Crippen LogP contribution < -0.4 is 5.32 Å². The minimum Gasteiger partial charge on any atom is -0.351 e. The average Bonchev–Trinajstić information content (AvgIpc) is 2.29. The van der Waals surface area contributed by atoms with Crippen LogP contribution in [0.1, 0.15) is 23.7 Å². The van der Waals surface area contributed by atoms with Gasteiger partial charge in [0.25, 0.3) is 5.91 Å². The van der Waals surface area contributed by atoms with E-state index >= 15 is 0 Å². The molecule has 1 aromatic carbocycles. The third kappa shape index (κ3) is 5.03. The molecule has 0 saturated carbocycles. The number of hydrogen-bond donors (Lipinski definition) is 1. The molecule has 0 fully saturated rings. The van der Waals surface area contributed by atoms with E-state index in [1.165, 1.54) is 6.42 Å². The van der Waals surface area contributed by atoms with Crippen molar-refractivity contribution in [3.05, 3.63) is 34.3 Å². The molecule has 1 N–H and O–H groups in total. The van der Waals surface area contributed by atoms with Gasteiger partial charge in [0.2, 0.25) is 0 Å². The Bertz CT molecular complexity index is 326. The maximum absolute atomic E-state index is 11.7. The van der Waals surface area contributed by atoms with Gasteiger partial charge in [-0.05, 0) is 36.4 Å². The van der Waals surface area contributed by atoms with Crippen LogP contribution in [0, 0.1) is 0 Å². The molecule has 1 aromatic rings. The zero-order valence-corrected chi connectivity index (χ0v) is 11.7. The molecule has 0 unspecified atom stereocenters. The highest BCUT2D eigenvalue weighted by Crippen LogP contribution is 2.10. The smallest absolute Gasteiger partial charge is 0.251 e. The van der Waals surface area contributed by atoms with Gasteiger partial charge in [-0.25, -0.2) is 0 Å². The molecule has 88 valence electrons. The molecule has 4 heteroatoms. The Morgan fingerprint density at radius 2 is 2.00 bits per heavy atom. The minimum absolute atomic E-state index is 0.00426. The largest absolute Gasteiger partial charge is 0.351 e. The topological polar surface area (TPSA) is 29.1 Å². The molecule has 2 nitrogen and oxygen atoms in total. The van der Waals surface area contributed by atoms with Gasteiger partial charge < -0.3 is 5.32 Å². The highest BCUT2D eigenvalue weighted by molar-refractivity contribution is 9.10. The van der Waals surface area contributed by atoms with Crippen LogP contribution in [-0.4, -0.2) is 24.0 Å². The van der Waals surface area contributed by atoms with E-state index in [9.17, 15) is 4.79 Å². The molecule has 0 radical (unpaired) electrons. The number of rotatable bonds is 6. The zero-order valence-electron chi connectivity index (χ0n) is 9.33. The Hall–Kier alpha value is -0.480. The van der Waals surface area contributed by atoms with Crippen LogP contribution in [0.4, 0.5) is 0 Å². The molecule has 0 aliphatic heterocycles. The summed E-state index contributed by atoms with van der Waals surface area (Å²) in [5.41, 5.74) is 0.712. The number of halogens is 1. The van der Waals surface area contributed by atoms with E-state index in [0.717, 1.165) is 22.5 Å². The zero-order chi connectivity index (χ0) is 11.8. The second-order valence-electron chi connectivity index (χ2n) is 3.38.